The van der Waals surface area contributed by atoms with Gasteiger partial charge in [-0.05, 0) is 48.1 Å². The molecule has 1 aromatic carbocycles. The van der Waals surface area contributed by atoms with Crippen LogP contribution in [0.15, 0.2) is 36.4 Å². The minimum atomic E-state index is -0.180. The van der Waals surface area contributed by atoms with E-state index in [0.29, 0.717) is 11.8 Å². The highest BCUT2D eigenvalue weighted by atomic mass is 16.2. The topological polar surface area (TPSA) is 66.5 Å². The number of nitrogens with zero attached hydrogens (tertiary/aromatic N) is 1. The number of benzene rings is 1. The number of anilines is 1. The molecule has 6 unspecified atom stereocenters. The highest BCUT2D eigenvalue weighted by molar-refractivity contribution is 6.06. The minimum absolute atomic E-state index is 0.0588. The van der Waals surface area contributed by atoms with Gasteiger partial charge in [-0.15, -0.1) is 0 Å². The first-order valence-corrected chi connectivity index (χ1v) is 10.0. The van der Waals surface area contributed by atoms with Gasteiger partial charge in [0, 0.05) is 18.7 Å². The number of carbonyl (C=O) groups excluding carboxylic acids is 3. The third-order valence-corrected chi connectivity index (χ3v) is 6.99. The maximum Gasteiger partial charge on any atom is 0.233 e. The van der Waals surface area contributed by atoms with E-state index in [1.807, 2.05) is 31.2 Å². The van der Waals surface area contributed by atoms with Crippen LogP contribution in [0.5, 0.6) is 0 Å². The summed E-state index contributed by atoms with van der Waals surface area (Å²) in [4.78, 5) is 39.6. The standard InChI is InChI=1S/C22H24N2O3/c1-2-12-5-3-4-6-17(12)23-18(25)9-10-24-21(26)19-13-7-8-14(16-11-15(13)16)20(19)22(24)27/h3-8,13-16,19-20H,2,9-11H2,1H3,(H,23,25). The lowest BCUT2D eigenvalue weighted by atomic mass is 9.63. The average Bonchev–Trinajstić information content (AvgIpc) is 3.46. The van der Waals surface area contributed by atoms with Crippen molar-refractivity contribution in [1.82, 2.24) is 4.90 Å². The Morgan fingerprint density at radius 1 is 1.07 bits per heavy atom. The van der Waals surface area contributed by atoms with Crippen molar-refractivity contribution in [1.29, 1.82) is 0 Å². The quantitative estimate of drug-likeness (QED) is 0.645. The monoisotopic (exact) mass is 364 g/mol. The number of amides is 3. The van der Waals surface area contributed by atoms with Crippen molar-refractivity contribution >= 4 is 23.4 Å². The number of carbonyl (C=O) groups is 3. The van der Waals surface area contributed by atoms with E-state index < -0.39 is 0 Å². The first kappa shape index (κ1) is 16.7. The van der Waals surface area contributed by atoms with Crippen LogP contribution < -0.4 is 5.32 Å². The lowest BCUT2D eigenvalue weighted by molar-refractivity contribution is -0.140. The lowest BCUT2D eigenvalue weighted by Gasteiger charge is -2.37. The first-order chi connectivity index (χ1) is 13.1. The molecule has 3 fully saturated rings. The fourth-order valence-corrected chi connectivity index (χ4v) is 5.62. The number of para-hydroxylation sites is 1. The molecule has 0 aromatic heterocycles. The van der Waals surface area contributed by atoms with Crippen molar-refractivity contribution in [2.45, 2.75) is 26.2 Å². The fourth-order valence-electron chi connectivity index (χ4n) is 5.62. The number of nitrogens with one attached hydrogen (secondary N) is 1. The van der Waals surface area contributed by atoms with Gasteiger partial charge in [0.2, 0.25) is 17.7 Å². The van der Waals surface area contributed by atoms with Crippen LogP contribution in [0, 0.1) is 35.5 Å². The molecule has 0 spiro atoms. The number of hydrogen-bond acceptors (Lipinski definition) is 3. The zero-order chi connectivity index (χ0) is 18.7. The maximum absolute atomic E-state index is 12.9. The molecular formula is C22H24N2O3. The Bertz CT molecular complexity index is 825. The van der Waals surface area contributed by atoms with E-state index >= 15 is 0 Å². The van der Waals surface area contributed by atoms with E-state index in [1.165, 1.54) is 4.90 Å². The predicted molar refractivity (Wildman–Crippen MR) is 100 cm³/mol. The highest BCUT2D eigenvalue weighted by Gasteiger charge is 2.66. The van der Waals surface area contributed by atoms with Gasteiger partial charge in [0.1, 0.15) is 0 Å². The Kier molecular flexibility index (Phi) is 3.74. The van der Waals surface area contributed by atoms with E-state index in [1.54, 1.807) is 0 Å². The van der Waals surface area contributed by atoms with Crippen molar-refractivity contribution in [2.75, 3.05) is 11.9 Å². The molecule has 2 saturated carbocycles. The van der Waals surface area contributed by atoms with Crippen LogP contribution >= 0.6 is 0 Å². The number of rotatable bonds is 5. The molecule has 140 valence electrons. The van der Waals surface area contributed by atoms with Crippen LogP contribution in [0.2, 0.25) is 0 Å². The van der Waals surface area contributed by atoms with Crippen molar-refractivity contribution in [2.24, 2.45) is 35.5 Å². The van der Waals surface area contributed by atoms with Crippen LogP contribution in [0.3, 0.4) is 0 Å². The largest absolute Gasteiger partial charge is 0.326 e. The molecule has 1 saturated heterocycles. The van der Waals surface area contributed by atoms with E-state index in [9.17, 15) is 14.4 Å². The second-order valence-corrected chi connectivity index (χ2v) is 8.29. The summed E-state index contributed by atoms with van der Waals surface area (Å²) < 4.78 is 0. The first-order valence-electron chi connectivity index (χ1n) is 10.0. The van der Waals surface area contributed by atoms with Gasteiger partial charge in [-0.25, -0.2) is 0 Å². The van der Waals surface area contributed by atoms with E-state index in [0.717, 1.165) is 24.1 Å². The molecule has 6 atom stereocenters. The van der Waals surface area contributed by atoms with Gasteiger partial charge < -0.3 is 5.32 Å². The SMILES string of the molecule is CCc1ccccc1NC(=O)CCN1C(=O)C2C3C=CC(C4CC34)C2C1=O. The van der Waals surface area contributed by atoms with Crippen LogP contribution in [0.25, 0.3) is 0 Å². The maximum atomic E-state index is 12.9. The second-order valence-electron chi connectivity index (χ2n) is 8.29. The molecule has 6 rings (SSSR count). The minimum Gasteiger partial charge on any atom is -0.326 e. The van der Waals surface area contributed by atoms with E-state index in [-0.39, 0.29) is 54.4 Å². The van der Waals surface area contributed by atoms with Gasteiger partial charge >= 0.3 is 0 Å². The number of likely N-dealkylation sites (tertiary alicyclic amines) is 1. The fraction of sp³-hybridized carbons (Fsp3) is 0.500. The number of hydrogen-bond donors (Lipinski definition) is 1. The number of imide groups is 1. The van der Waals surface area contributed by atoms with Crippen LogP contribution in [-0.2, 0) is 20.8 Å². The van der Waals surface area contributed by atoms with Crippen molar-refractivity contribution in [3.8, 4) is 0 Å². The summed E-state index contributed by atoms with van der Waals surface area (Å²) in [7, 11) is 0. The lowest BCUT2D eigenvalue weighted by Crippen LogP contribution is -2.40. The summed E-state index contributed by atoms with van der Waals surface area (Å²) in [6.07, 6.45) is 6.48. The molecular weight excluding hydrogens is 340 g/mol. The summed E-state index contributed by atoms with van der Waals surface area (Å²) in [5.74, 6) is 1.04. The molecule has 5 nitrogen and oxygen atoms in total. The third-order valence-electron chi connectivity index (χ3n) is 6.99. The molecule has 1 aromatic rings. The molecule has 27 heavy (non-hydrogen) atoms. The zero-order valence-electron chi connectivity index (χ0n) is 15.4. The molecule has 0 radical (unpaired) electrons. The molecule has 3 amide bonds. The van der Waals surface area contributed by atoms with Crippen molar-refractivity contribution in [3.63, 3.8) is 0 Å². The average molecular weight is 364 g/mol. The molecule has 1 heterocycles. The summed E-state index contributed by atoms with van der Waals surface area (Å²) in [5.41, 5.74) is 1.88. The molecule has 1 N–H and O–H groups in total. The second kappa shape index (κ2) is 6.04. The zero-order valence-corrected chi connectivity index (χ0v) is 15.4. The molecule has 2 bridgehead atoms. The Morgan fingerprint density at radius 3 is 2.33 bits per heavy atom. The Balaban J connectivity index is 1.25. The normalized spacial score (nSPS) is 35.2. The Labute approximate surface area is 158 Å². The van der Waals surface area contributed by atoms with Gasteiger partial charge in [-0.1, -0.05) is 37.3 Å². The number of allylic oxidation sites excluding steroid dienone is 2. The van der Waals surface area contributed by atoms with Crippen LogP contribution in [0.4, 0.5) is 5.69 Å². The molecule has 5 heteroatoms. The van der Waals surface area contributed by atoms with Crippen LogP contribution in [0.1, 0.15) is 25.3 Å². The smallest absolute Gasteiger partial charge is 0.233 e. The third kappa shape index (κ3) is 2.47. The van der Waals surface area contributed by atoms with E-state index in [2.05, 4.69) is 17.5 Å². The Hall–Kier alpha value is -2.43. The van der Waals surface area contributed by atoms with Gasteiger partial charge in [0.15, 0.2) is 0 Å². The summed E-state index contributed by atoms with van der Waals surface area (Å²) in [6.45, 7) is 2.22. The van der Waals surface area contributed by atoms with Crippen LogP contribution in [-0.4, -0.2) is 29.2 Å². The van der Waals surface area contributed by atoms with Gasteiger partial charge in [0.25, 0.3) is 0 Å². The highest BCUT2D eigenvalue weighted by Crippen LogP contribution is 2.65. The summed E-state index contributed by atoms with van der Waals surface area (Å²) >= 11 is 0. The Morgan fingerprint density at radius 2 is 1.70 bits per heavy atom. The van der Waals surface area contributed by atoms with Gasteiger partial charge in [0.05, 0.1) is 11.8 Å². The van der Waals surface area contributed by atoms with Gasteiger partial charge in [-0.3, -0.25) is 19.3 Å². The van der Waals surface area contributed by atoms with E-state index in [4.69, 9.17) is 0 Å². The molecule has 1 aliphatic heterocycles. The summed E-state index contributed by atoms with van der Waals surface area (Å²) in [5, 5.41) is 2.92. The van der Waals surface area contributed by atoms with Crippen molar-refractivity contribution < 1.29 is 14.4 Å². The summed E-state index contributed by atoms with van der Waals surface area (Å²) in [6, 6.07) is 7.71. The van der Waals surface area contributed by atoms with Crippen molar-refractivity contribution in [3.05, 3.63) is 42.0 Å². The van der Waals surface area contributed by atoms with Gasteiger partial charge in [-0.2, -0.15) is 0 Å². The predicted octanol–water partition coefficient (Wildman–Crippen LogP) is 2.63. The number of aryl methyl sites for hydroxylation is 1. The molecule has 5 aliphatic rings. The molecule has 4 aliphatic carbocycles.